The van der Waals surface area contributed by atoms with E-state index in [0.29, 0.717) is 25.0 Å². The van der Waals surface area contributed by atoms with Crippen LogP contribution in [0.25, 0.3) is 22.4 Å². The Morgan fingerprint density at radius 2 is 1.63 bits per heavy atom. The van der Waals surface area contributed by atoms with E-state index in [1.54, 1.807) is 18.9 Å². The highest BCUT2D eigenvalue weighted by Gasteiger charge is 2.26. The highest BCUT2D eigenvalue weighted by molar-refractivity contribution is 7.99. The van der Waals surface area contributed by atoms with Gasteiger partial charge in [-0.15, -0.1) is 11.8 Å². The van der Waals surface area contributed by atoms with Gasteiger partial charge in [-0.25, -0.2) is 4.79 Å². The fourth-order valence-corrected chi connectivity index (χ4v) is 5.75. The molecule has 0 bridgehead atoms. The van der Waals surface area contributed by atoms with Crippen LogP contribution in [-0.4, -0.2) is 53.5 Å². The van der Waals surface area contributed by atoms with Crippen molar-refractivity contribution in [3.63, 3.8) is 0 Å². The van der Waals surface area contributed by atoms with Crippen LogP contribution < -0.4 is 0 Å². The summed E-state index contributed by atoms with van der Waals surface area (Å²) in [7, 11) is 1.73. The molecule has 1 aliphatic carbocycles. The monoisotopic (exact) mass is 494 g/mol. The molecule has 3 aromatic rings. The Morgan fingerprint density at radius 1 is 1.00 bits per heavy atom. The Labute approximate surface area is 211 Å². The third-order valence-corrected chi connectivity index (χ3v) is 7.46. The summed E-state index contributed by atoms with van der Waals surface area (Å²) in [5.41, 5.74) is 4.71. The van der Waals surface area contributed by atoms with Gasteiger partial charge < -0.3 is 14.6 Å². The van der Waals surface area contributed by atoms with E-state index >= 15 is 0 Å². The van der Waals surface area contributed by atoms with Gasteiger partial charge in [0, 0.05) is 30.5 Å². The lowest BCUT2D eigenvalue weighted by Gasteiger charge is -2.28. The van der Waals surface area contributed by atoms with Gasteiger partial charge in [0.2, 0.25) is 0 Å². The summed E-state index contributed by atoms with van der Waals surface area (Å²) in [6.45, 7) is 1.88. The molecule has 0 radical (unpaired) electrons. The van der Waals surface area contributed by atoms with E-state index in [1.165, 1.54) is 22.4 Å². The molecule has 1 N–H and O–H groups in total. The molecule has 2 aromatic carbocycles. The van der Waals surface area contributed by atoms with Crippen LogP contribution in [0.3, 0.4) is 0 Å². The predicted molar refractivity (Wildman–Crippen MR) is 140 cm³/mol. The second-order valence-electron chi connectivity index (χ2n) is 9.08. The molecule has 1 heterocycles. The minimum absolute atomic E-state index is 0.209. The van der Waals surface area contributed by atoms with Crippen molar-refractivity contribution in [3.8, 4) is 22.4 Å². The summed E-state index contributed by atoms with van der Waals surface area (Å²) in [6, 6.07) is 21.1. The van der Waals surface area contributed by atoms with Gasteiger partial charge in [0.15, 0.2) is 0 Å². The number of rotatable bonds is 12. The van der Waals surface area contributed by atoms with Gasteiger partial charge in [0.25, 0.3) is 0 Å². The molecule has 6 nitrogen and oxygen atoms in total. The summed E-state index contributed by atoms with van der Waals surface area (Å²) in [4.78, 5) is 10.7. The third kappa shape index (κ3) is 6.97. The minimum atomic E-state index is -0.904. The van der Waals surface area contributed by atoms with E-state index in [4.69, 9.17) is 19.7 Å². The smallest absolute Gasteiger partial charge is 0.329 e. The number of hydrogen-bond donors (Lipinski definition) is 1. The number of carbonyl (C=O) groups is 1. The molecule has 0 saturated heterocycles. The standard InChI is InChI=1S/C28H34N2O4S/c1-33-16-17-35-28-26(23-8-4-2-5-9-23)27(24-10-6-3-7-11-24)30(29-28)18-21-12-14-22(15-13-21)19-34-20-25(31)32/h2-11,21-22H,12-20H2,1H3,(H,31,32). The van der Waals surface area contributed by atoms with Crippen LogP contribution in [-0.2, 0) is 20.8 Å². The normalized spacial score (nSPS) is 18.0. The lowest BCUT2D eigenvalue weighted by Crippen LogP contribution is -2.23. The van der Waals surface area contributed by atoms with E-state index in [0.717, 1.165) is 43.0 Å². The van der Waals surface area contributed by atoms with Crippen LogP contribution in [0.5, 0.6) is 0 Å². The number of thioether (sulfide) groups is 1. The fraction of sp³-hybridized carbons (Fsp3) is 0.429. The molecule has 1 aromatic heterocycles. The van der Waals surface area contributed by atoms with Crippen molar-refractivity contribution in [2.75, 3.05) is 32.7 Å². The summed E-state index contributed by atoms with van der Waals surface area (Å²) in [5.74, 6) is 0.924. The molecular weight excluding hydrogens is 460 g/mol. The van der Waals surface area contributed by atoms with Gasteiger partial charge in [0.1, 0.15) is 11.6 Å². The third-order valence-electron chi connectivity index (χ3n) is 6.53. The lowest BCUT2D eigenvalue weighted by atomic mass is 9.82. The van der Waals surface area contributed by atoms with Crippen LogP contribution in [0, 0.1) is 11.8 Å². The fourth-order valence-electron chi connectivity index (χ4n) is 4.79. The summed E-state index contributed by atoms with van der Waals surface area (Å²) >= 11 is 1.75. The van der Waals surface area contributed by atoms with Crippen molar-refractivity contribution in [1.29, 1.82) is 0 Å². The van der Waals surface area contributed by atoms with Gasteiger partial charge in [0.05, 0.1) is 18.9 Å². The number of benzene rings is 2. The number of nitrogens with zero attached hydrogens (tertiary/aromatic N) is 2. The highest BCUT2D eigenvalue weighted by atomic mass is 32.2. The first-order valence-electron chi connectivity index (χ1n) is 12.3. The molecule has 0 unspecified atom stereocenters. The van der Waals surface area contributed by atoms with Crippen molar-refractivity contribution < 1.29 is 19.4 Å². The molecule has 1 saturated carbocycles. The van der Waals surface area contributed by atoms with E-state index in [2.05, 4.69) is 53.2 Å². The van der Waals surface area contributed by atoms with Gasteiger partial charge in [-0.1, -0.05) is 60.7 Å². The van der Waals surface area contributed by atoms with Crippen molar-refractivity contribution in [1.82, 2.24) is 9.78 Å². The zero-order valence-corrected chi connectivity index (χ0v) is 21.1. The maximum Gasteiger partial charge on any atom is 0.329 e. The van der Waals surface area contributed by atoms with Crippen molar-refractivity contribution in [2.45, 2.75) is 37.3 Å². The number of hydrogen-bond acceptors (Lipinski definition) is 5. The summed E-state index contributed by atoms with van der Waals surface area (Å²) < 4.78 is 12.9. The molecule has 4 rings (SSSR count). The molecule has 0 spiro atoms. The molecule has 1 fully saturated rings. The van der Waals surface area contributed by atoms with Crippen LogP contribution in [0.2, 0.25) is 0 Å². The Hall–Kier alpha value is -2.61. The van der Waals surface area contributed by atoms with E-state index in [-0.39, 0.29) is 6.61 Å². The predicted octanol–water partition coefficient (Wildman–Crippen LogP) is 5.86. The quantitative estimate of drug-likeness (QED) is 0.251. The lowest BCUT2D eigenvalue weighted by molar-refractivity contribution is -0.142. The first kappa shape index (κ1) is 25.5. The number of carboxylic acid groups (broad SMARTS) is 1. The average molecular weight is 495 g/mol. The molecule has 0 aliphatic heterocycles. The zero-order chi connectivity index (χ0) is 24.5. The maximum absolute atomic E-state index is 10.7. The summed E-state index contributed by atoms with van der Waals surface area (Å²) in [5, 5.41) is 15.0. The Morgan fingerprint density at radius 3 is 2.26 bits per heavy atom. The second kappa shape index (κ2) is 12.9. The summed E-state index contributed by atoms with van der Waals surface area (Å²) in [6.07, 6.45) is 4.32. The van der Waals surface area contributed by atoms with Crippen molar-refractivity contribution >= 4 is 17.7 Å². The van der Waals surface area contributed by atoms with E-state index in [9.17, 15) is 4.79 Å². The van der Waals surface area contributed by atoms with Crippen molar-refractivity contribution in [3.05, 3.63) is 60.7 Å². The molecule has 0 atom stereocenters. The first-order valence-corrected chi connectivity index (χ1v) is 13.3. The zero-order valence-electron chi connectivity index (χ0n) is 20.3. The Balaban J connectivity index is 1.58. The van der Waals surface area contributed by atoms with Gasteiger partial charge in [-0.3, -0.25) is 4.68 Å². The topological polar surface area (TPSA) is 73.6 Å². The van der Waals surface area contributed by atoms with Gasteiger partial charge >= 0.3 is 5.97 Å². The van der Waals surface area contributed by atoms with E-state index in [1.807, 2.05) is 12.1 Å². The first-order chi connectivity index (χ1) is 17.2. The van der Waals surface area contributed by atoms with Crippen LogP contribution in [0.1, 0.15) is 25.7 Å². The maximum atomic E-state index is 10.7. The number of carboxylic acids is 1. The number of aromatic nitrogens is 2. The number of aliphatic carboxylic acids is 1. The van der Waals surface area contributed by atoms with Gasteiger partial charge in [-0.05, 0) is 43.1 Å². The molecule has 1 aliphatic rings. The van der Waals surface area contributed by atoms with E-state index < -0.39 is 5.97 Å². The molecule has 7 heteroatoms. The molecule has 186 valence electrons. The second-order valence-corrected chi connectivity index (χ2v) is 10.2. The molecule has 35 heavy (non-hydrogen) atoms. The number of ether oxygens (including phenoxy) is 2. The minimum Gasteiger partial charge on any atom is -0.480 e. The highest BCUT2D eigenvalue weighted by Crippen LogP contribution is 2.41. The van der Waals surface area contributed by atoms with Crippen molar-refractivity contribution in [2.24, 2.45) is 11.8 Å². The SMILES string of the molecule is COCCSc1nn(CC2CCC(COCC(=O)O)CC2)c(-c2ccccc2)c1-c1ccccc1. The average Bonchev–Trinajstić information content (AvgIpc) is 3.24. The van der Waals surface area contributed by atoms with Crippen LogP contribution in [0.15, 0.2) is 65.7 Å². The largest absolute Gasteiger partial charge is 0.480 e. The number of methoxy groups -OCH3 is 1. The Bertz CT molecular complexity index is 1060. The molecular formula is C28H34N2O4S. The van der Waals surface area contributed by atoms with Crippen LogP contribution in [0.4, 0.5) is 0 Å². The van der Waals surface area contributed by atoms with Gasteiger partial charge in [-0.2, -0.15) is 5.10 Å². The van der Waals surface area contributed by atoms with Crippen LogP contribution >= 0.6 is 11.8 Å². The Kier molecular flexibility index (Phi) is 9.40. The molecule has 0 amide bonds.